The van der Waals surface area contributed by atoms with E-state index >= 15 is 0 Å². The SMILES string of the molecule is Cc1ccc(S(=O)(=O)N/N=C/c2ccc3c(c2)Nc2ccccc2S3)cc1. The molecule has 2 N–H and O–H groups in total. The Morgan fingerprint density at radius 3 is 2.52 bits per heavy atom. The van der Waals surface area contributed by atoms with E-state index in [2.05, 4.69) is 21.3 Å². The molecule has 1 aliphatic heterocycles. The van der Waals surface area contributed by atoms with Crippen molar-refractivity contribution in [3.05, 3.63) is 77.9 Å². The van der Waals surface area contributed by atoms with Crippen molar-refractivity contribution in [1.29, 1.82) is 0 Å². The van der Waals surface area contributed by atoms with Gasteiger partial charge in [-0.25, -0.2) is 4.83 Å². The minimum Gasteiger partial charge on any atom is -0.354 e. The fourth-order valence-electron chi connectivity index (χ4n) is 2.68. The molecule has 1 heterocycles. The molecule has 7 heteroatoms. The zero-order chi connectivity index (χ0) is 18.9. The molecule has 0 amide bonds. The van der Waals surface area contributed by atoms with E-state index in [1.165, 1.54) is 11.1 Å². The van der Waals surface area contributed by atoms with Crippen LogP contribution in [-0.2, 0) is 10.0 Å². The molecular weight excluding hydrogens is 378 g/mol. The van der Waals surface area contributed by atoms with E-state index in [1.54, 1.807) is 36.0 Å². The number of anilines is 2. The van der Waals surface area contributed by atoms with Crippen LogP contribution in [0.2, 0.25) is 0 Å². The highest BCUT2D eigenvalue weighted by Crippen LogP contribution is 2.43. The van der Waals surface area contributed by atoms with Crippen molar-refractivity contribution in [3.63, 3.8) is 0 Å². The van der Waals surface area contributed by atoms with Gasteiger partial charge in [0.05, 0.1) is 22.5 Å². The predicted molar refractivity (Wildman–Crippen MR) is 109 cm³/mol. The van der Waals surface area contributed by atoms with Crippen molar-refractivity contribution in [2.45, 2.75) is 21.6 Å². The van der Waals surface area contributed by atoms with Crippen molar-refractivity contribution in [1.82, 2.24) is 4.83 Å². The highest BCUT2D eigenvalue weighted by molar-refractivity contribution is 7.99. The van der Waals surface area contributed by atoms with Crippen LogP contribution in [0.5, 0.6) is 0 Å². The summed E-state index contributed by atoms with van der Waals surface area (Å²) < 4.78 is 24.5. The van der Waals surface area contributed by atoms with Gasteiger partial charge in [-0.1, -0.05) is 47.7 Å². The maximum atomic E-state index is 12.3. The Bertz CT molecular complexity index is 1120. The highest BCUT2D eigenvalue weighted by atomic mass is 32.2. The van der Waals surface area contributed by atoms with Gasteiger partial charge < -0.3 is 5.32 Å². The molecule has 0 aromatic heterocycles. The second-order valence-electron chi connectivity index (χ2n) is 6.14. The number of fused-ring (bicyclic) bond motifs is 2. The van der Waals surface area contributed by atoms with Crippen molar-refractivity contribution in [2.75, 3.05) is 5.32 Å². The Kier molecular flexibility index (Phi) is 4.63. The topological polar surface area (TPSA) is 70.6 Å². The fourth-order valence-corrected chi connectivity index (χ4v) is 4.44. The van der Waals surface area contributed by atoms with Crippen LogP contribution in [0.4, 0.5) is 11.4 Å². The number of sulfonamides is 1. The number of hydrogen-bond acceptors (Lipinski definition) is 5. The summed E-state index contributed by atoms with van der Waals surface area (Å²) in [5.74, 6) is 0. The molecule has 0 saturated heterocycles. The van der Waals surface area contributed by atoms with Gasteiger partial charge in [0.15, 0.2) is 0 Å². The Morgan fingerprint density at radius 1 is 0.963 bits per heavy atom. The third kappa shape index (κ3) is 3.84. The zero-order valence-corrected chi connectivity index (χ0v) is 16.1. The van der Waals surface area contributed by atoms with Gasteiger partial charge in [-0.2, -0.15) is 13.5 Å². The molecule has 1 aliphatic rings. The summed E-state index contributed by atoms with van der Waals surface area (Å²) in [6, 6.07) is 20.6. The van der Waals surface area contributed by atoms with Crippen LogP contribution in [0, 0.1) is 6.92 Å². The molecule has 0 atom stereocenters. The summed E-state index contributed by atoms with van der Waals surface area (Å²) >= 11 is 1.70. The third-order valence-electron chi connectivity index (χ3n) is 4.10. The summed E-state index contributed by atoms with van der Waals surface area (Å²) in [5.41, 5.74) is 3.83. The summed E-state index contributed by atoms with van der Waals surface area (Å²) in [7, 11) is -3.67. The second kappa shape index (κ2) is 7.09. The molecule has 5 nitrogen and oxygen atoms in total. The van der Waals surface area contributed by atoms with Crippen molar-refractivity contribution >= 4 is 39.4 Å². The van der Waals surface area contributed by atoms with Crippen LogP contribution in [0.15, 0.2) is 86.5 Å². The van der Waals surface area contributed by atoms with Crippen LogP contribution in [0.3, 0.4) is 0 Å². The molecule has 27 heavy (non-hydrogen) atoms. The highest BCUT2D eigenvalue weighted by Gasteiger charge is 2.15. The molecule has 136 valence electrons. The Labute approximate surface area is 162 Å². The minimum absolute atomic E-state index is 0.186. The molecule has 0 aliphatic carbocycles. The Balaban J connectivity index is 1.50. The maximum absolute atomic E-state index is 12.3. The monoisotopic (exact) mass is 395 g/mol. The molecule has 0 saturated carbocycles. The van der Waals surface area contributed by atoms with Crippen molar-refractivity contribution in [3.8, 4) is 0 Å². The first-order valence-corrected chi connectivity index (χ1v) is 10.6. The number of para-hydroxylation sites is 1. The first-order chi connectivity index (χ1) is 13.0. The van der Waals surface area contributed by atoms with Gasteiger partial charge in [0, 0.05) is 9.79 Å². The molecule has 0 unspecified atom stereocenters. The van der Waals surface area contributed by atoms with Crippen molar-refractivity contribution in [2.24, 2.45) is 5.10 Å². The fraction of sp³-hybridized carbons (Fsp3) is 0.0500. The second-order valence-corrected chi connectivity index (χ2v) is 8.89. The van der Waals surface area contributed by atoms with E-state index in [9.17, 15) is 8.42 Å². The number of hydrogen-bond donors (Lipinski definition) is 2. The number of nitrogens with zero attached hydrogens (tertiary/aromatic N) is 1. The van der Waals surface area contributed by atoms with Crippen LogP contribution in [0.25, 0.3) is 0 Å². The van der Waals surface area contributed by atoms with E-state index < -0.39 is 10.0 Å². The molecule has 0 spiro atoms. The lowest BCUT2D eigenvalue weighted by atomic mass is 10.2. The predicted octanol–water partition coefficient (Wildman–Crippen LogP) is 4.52. The van der Waals surface area contributed by atoms with E-state index in [4.69, 9.17) is 0 Å². The standard InChI is InChI=1S/C20H17N3O2S2/c1-14-6-9-16(10-7-14)27(24,25)23-21-13-15-8-11-20-18(12-15)22-17-4-2-3-5-19(17)26-20/h2-13,22-23H,1H3/b21-13+. The van der Waals surface area contributed by atoms with Gasteiger partial charge in [-0.15, -0.1) is 0 Å². The average molecular weight is 396 g/mol. The smallest absolute Gasteiger partial charge is 0.276 e. The lowest BCUT2D eigenvalue weighted by Crippen LogP contribution is -2.18. The van der Waals surface area contributed by atoms with Gasteiger partial charge in [0.1, 0.15) is 0 Å². The molecule has 0 radical (unpaired) electrons. The van der Waals surface area contributed by atoms with Gasteiger partial charge >= 0.3 is 0 Å². The molecule has 3 aromatic rings. The van der Waals surface area contributed by atoms with E-state index in [0.29, 0.717) is 0 Å². The molecule has 3 aromatic carbocycles. The molecule has 0 bridgehead atoms. The number of aryl methyl sites for hydroxylation is 1. The lowest BCUT2D eigenvalue weighted by Gasteiger charge is -2.20. The van der Waals surface area contributed by atoms with E-state index in [1.807, 2.05) is 43.3 Å². The lowest BCUT2D eigenvalue weighted by molar-refractivity contribution is 0.584. The van der Waals surface area contributed by atoms with E-state index in [-0.39, 0.29) is 4.90 Å². The van der Waals surface area contributed by atoms with Crippen LogP contribution < -0.4 is 10.1 Å². The van der Waals surface area contributed by atoms with Gasteiger partial charge in [0.2, 0.25) is 0 Å². The van der Waals surface area contributed by atoms with Gasteiger partial charge in [0.25, 0.3) is 10.0 Å². The number of rotatable bonds is 4. The molecule has 0 fully saturated rings. The first kappa shape index (κ1) is 17.6. The van der Waals surface area contributed by atoms with Crippen LogP contribution >= 0.6 is 11.8 Å². The molecular formula is C20H17N3O2S2. The zero-order valence-electron chi connectivity index (χ0n) is 14.5. The van der Waals surface area contributed by atoms with Crippen LogP contribution in [-0.4, -0.2) is 14.6 Å². The summed E-state index contributed by atoms with van der Waals surface area (Å²) in [6.07, 6.45) is 1.50. The van der Waals surface area contributed by atoms with Crippen molar-refractivity contribution < 1.29 is 8.42 Å². The third-order valence-corrected chi connectivity index (χ3v) is 6.49. The van der Waals surface area contributed by atoms with Gasteiger partial charge in [-0.3, -0.25) is 0 Å². The summed E-state index contributed by atoms with van der Waals surface area (Å²) in [6.45, 7) is 1.91. The number of nitrogens with one attached hydrogen (secondary N) is 2. The number of hydrazone groups is 1. The normalized spacial score (nSPS) is 12.9. The largest absolute Gasteiger partial charge is 0.354 e. The van der Waals surface area contributed by atoms with E-state index in [0.717, 1.165) is 27.4 Å². The quantitative estimate of drug-likeness (QED) is 0.394. The minimum atomic E-state index is -3.67. The molecule has 4 rings (SSSR count). The average Bonchev–Trinajstić information content (AvgIpc) is 2.66. The Morgan fingerprint density at radius 2 is 1.70 bits per heavy atom. The summed E-state index contributed by atoms with van der Waals surface area (Å²) in [5, 5.41) is 7.31. The number of benzene rings is 3. The maximum Gasteiger partial charge on any atom is 0.276 e. The summed E-state index contributed by atoms with van der Waals surface area (Å²) in [4.78, 5) is 4.74. The Hall–Kier alpha value is -2.77. The van der Waals surface area contributed by atoms with Gasteiger partial charge in [-0.05, 0) is 48.9 Å². The van der Waals surface area contributed by atoms with Crippen LogP contribution in [0.1, 0.15) is 11.1 Å². The first-order valence-electron chi connectivity index (χ1n) is 8.31.